The van der Waals surface area contributed by atoms with Crippen LogP contribution in [0.5, 0.6) is 0 Å². The van der Waals surface area contributed by atoms with E-state index in [1.165, 1.54) is 12.1 Å². The van der Waals surface area contributed by atoms with Gasteiger partial charge >= 0.3 is 6.09 Å². The molecule has 2 aliphatic heterocycles. The van der Waals surface area contributed by atoms with Crippen molar-refractivity contribution in [3.8, 4) is 0 Å². The fraction of sp³-hybridized carbons (Fsp3) is 0.619. The van der Waals surface area contributed by atoms with Crippen molar-refractivity contribution in [3.63, 3.8) is 0 Å². The lowest BCUT2D eigenvalue weighted by Crippen LogP contribution is -2.48. The second-order valence-corrected chi connectivity index (χ2v) is 8.44. The van der Waals surface area contributed by atoms with Gasteiger partial charge < -0.3 is 19.3 Å². The number of piperidine rings is 1. The average molecular weight is 392 g/mol. The number of carbonyl (C=O) groups is 2. The minimum absolute atomic E-state index is 0.0920. The van der Waals surface area contributed by atoms with E-state index in [0.717, 1.165) is 5.56 Å². The molecule has 0 radical (unpaired) electrons. The summed E-state index contributed by atoms with van der Waals surface area (Å²) in [5.74, 6) is -0.269. The van der Waals surface area contributed by atoms with Gasteiger partial charge in [-0.25, -0.2) is 9.18 Å². The second-order valence-electron chi connectivity index (χ2n) is 8.44. The van der Waals surface area contributed by atoms with Crippen LogP contribution in [0, 0.1) is 11.7 Å². The van der Waals surface area contributed by atoms with Crippen LogP contribution in [0.3, 0.4) is 0 Å². The van der Waals surface area contributed by atoms with Gasteiger partial charge in [-0.2, -0.15) is 0 Å². The number of carbonyl (C=O) groups excluding carboxylic acids is 2. The first-order chi connectivity index (χ1) is 13.2. The van der Waals surface area contributed by atoms with Crippen LogP contribution in [0.25, 0.3) is 0 Å². The highest BCUT2D eigenvalue weighted by Gasteiger charge is 2.34. The van der Waals surface area contributed by atoms with Crippen LogP contribution in [0.1, 0.15) is 45.3 Å². The molecule has 0 aromatic heterocycles. The van der Waals surface area contributed by atoms with E-state index in [9.17, 15) is 14.0 Å². The number of nitrogens with zero attached hydrogens (tertiary/aromatic N) is 2. The van der Waals surface area contributed by atoms with Gasteiger partial charge in [0.25, 0.3) is 0 Å². The van der Waals surface area contributed by atoms with Gasteiger partial charge in [0, 0.05) is 25.6 Å². The molecule has 0 spiro atoms. The number of rotatable bonds is 2. The van der Waals surface area contributed by atoms with Crippen molar-refractivity contribution in [3.05, 3.63) is 35.6 Å². The SMILES string of the molecule is CC(C)(C)OC(=O)N1CCC(C(=O)N2CCOC(c3ccc(F)cc3)C2)CC1. The van der Waals surface area contributed by atoms with Crippen LogP contribution in [-0.4, -0.2) is 60.2 Å². The number of halogens is 1. The molecule has 2 saturated heterocycles. The Bertz CT molecular complexity index is 693. The lowest BCUT2D eigenvalue weighted by Gasteiger charge is -2.38. The number of hydrogen-bond donors (Lipinski definition) is 0. The van der Waals surface area contributed by atoms with Crippen LogP contribution in [0.2, 0.25) is 0 Å². The molecule has 1 aromatic carbocycles. The van der Waals surface area contributed by atoms with E-state index in [-0.39, 0.29) is 29.8 Å². The molecule has 1 atom stereocenters. The molecule has 1 unspecified atom stereocenters. The summed E-state index contributed by atoms with van der Waals surface area (Å²) in [6, 6.07) is 6.22. The summed E-state index contributed by atoms with van der Waals surface area (Å²) >= 11 is 0. The van der Waals surface area contributed by atoms with Crippen molar-refractivity contribution in [2.24, 2.45) is 5.92 Å². The molecule has 7 heteroatoms. The Labute approximate surface area is 165 Å². The maximum Gasteiger partial charge on any atom is 0.410 e. The van der Waals surface area contributed by atoms with Crippen molar-refractivity contribution >= 4 is 12.0 Å². The number of morpholine rings is 1. The van der Waals surface area contributed by atoms with Gasteiger partial charge in [-0.3, -0.25) is 4.79 Å². The molecule has 154 valence electrons. The third-order valence-electron chi connectivity index (χ3n) is 5.12. The Morgan fingerprint density at radius 3 is 2.32 bits per heavy atom. The van der Waals surface area contributed by atoms with E-state index >= 15 is 0 Å². The predicted octanol–water partition coefficient (Wildman–Crippen LogP) is 3.37. The Kier molecular flexibility index (Phi) is 6.23. The predicted molar refractivity (Wildman–Crippen MR) is 102 cm³/mol. The third kappa shape index (κ3) is 5.22. The molecule has 2 heterocycles. The van der Waals surface area contributed by atoms with Crippen molar-refractivity contribution in [1.29, 1.82) is 0 Å². The first-order valence-electron chi connectivity index (χ1n) is 9.87. The molecule has 28 heavy (non-hydrogen) atoms. The first-order valence-corrected chi connectivity index (χ1v) is 9.87. The van der Waals surface area contributed by atoms with Gasteiger partial charge in [0.2, 0.25) is 5.91 Å². The zero-order valence-corrected chi connectivity index (χ0v) is 16.8. The topological polar surface area (TPSA) is 59.1 Å². The molecule has 2 amide bonds. The van der Waals surface area contributed by atoms with Gasteiger partial charge in [-0.15, -0.1) is 0 Å². The van der Waals surface area contributed by atoms with Crippen molar-refractivity contribution < 1.29 is 23.5 Å². The normalized spacial score (nSPS) is 21.5. The molecule has 6 nitrogen and oxygen atoms in total. The van der Waals surface area contributed by atoms with Gasteiger partial charge in [-0.1, -0.05) is 12.1 Å². The lowest BCUT2D eigenvalue weighted by atomic mass is 9.95. The summed E-state index contributed by atoms with van der Waals surface area (Å²) in [6.45, 7) is 8.07. The highest BCUT2D eigenvalue weighted by molar-refractivity contribution is 5.79. The van der Waals surface area contributed by atoms with Crippen molar-refractivity contribution in [2.45, 2.75) is 45.3 Å². The van der Waals surface area contributed by atoms with E-state index < -0.39 is 5.60 Å². The largest absolute Gasteiger partial charge is 0.444 e. The maximum absolute atomic E-state index is 13.1. The summed E-state index contributed by atoms with van der Waals surface area (Å²) in [5.41, 5.74) is 0.353. The minimum atomic E-state index is -0.521. The smallest absolute Gasteiger partial charge is 0.410 e. The summed E-state index contributed by atoms with van der Waals surface area (Å²) in [7, 11) is 0. The van der Waals surface area contributed by atoms with Crippen LogP contribution in [0.4, 0.5) is 9.18 Å². The molecule has 0 saturated carbocycles. The fourth-order valence-electron chi connectivity index (χ4n) is 3.62. The second kappa shape index (κ2) is 8.47. The van der Waals surface area contributed by atoms with Crippen LogP contribution < -0.4 is 0 Å². The minimum Gasteiger partial charge on any atom is -0.444 e. The fourth-order valence-corrected chi connectivity index (χ4v) is 3.62. The molecule has 2 fully saturated rings. The Morgan fingerprint density at radius 1 is 1.07 bits per heavy atom. The molecular weight excluding hydrogens is 363 g/mol. The average Bonchev–Trinajstić information content (AvgIpc) is 2.67. The summed E-state index contributed by atoms with van der Waals surface area (Å²) in [5, 5.41) is 0. The molecule has 2 aliphatic rings. The Balaban J connectivity index is 1.53. The van der Waals surface area contributed by atoms with E-state index in [4.69, 9.17) is 9.47 Å². The number of benzene rings is 1. The number of ether oxygens (including phenoxy) is 2. The summed E-state index contributed by atoms with van der Waals surface area (Å²) in [4.78, 5) is 28.7. The van der Waals surface area contributed by atoms with Gasteiger partial charge in [0.05, 0.1) is 13.2 Å². The summed E-state index contributed by atoms with van der Waals surface area (Å²) < 4.78 is 24.3. The number of hydrogen-bond acceptors (Lipinski definition) is 4. The van der Waals surface area contributed by atoms with E-state index in [0.29, 0.717) is 45.6 Å². The molecule has 3 rings (SSSR count). The first kappa shape index (κ1) is 20.6. The highest BCUT2D eigenvalue weighted by atomic mass is 19.1. The zero-order valence-electron chi connectivity index (χ0n) is 16.8. The van der Waals surface area contributed by atoms with Crippen LogP contribution in [0.15, 0.2) is 24.3 Å². The Hall–Kier alpha value is -2.15. The standard InChI is InChI=1S/C21H29FN2O4/c1-21(2,3)28-20(26)23-10-8-16(9-11-23)19(25)24-12-13-27-18(14-24)15-4-6-17(22)7-5-15/h4-7,16,18H,8-14H2,1-3H3. The summed E-state index contributed by atoms with van der Waals surface area (Å²) in [6.07, 6.45) is 0.717. The van der Waals surface area contributed by atoms with Gasteiger partial charge in [0.15, 0.2) is 0 Å². The van der Waals surface area contributed by atoms with Crippen LogP contribution in [-0.2, 0) is 14.3 Å². The van der Waals surface area contributed by atoms with Gasteiger partial charge in [-0.05, 0) is 51.3 Å². The molecule has 1 aromatic rings. The number of likely N-dealkylation sites (tertiary alicyclic amines) is 1. The highest BCUT2D eigenvalue weighted by Crippen LogP contribution is 2.26. The molecule has 0 aliphatic carbocycles. The maximum atomic E-state index is 13.1. The Morgan fingerprint density at radius 2 is 1.71 bits per heavy atom. The quantitative estimate of drug-likeness (QED) is 0.774. The van der Waals surface area contributed by atoms with E-state index in [2.05, 4.69) is 0 Å². The van der Waals surface area contributed by atoms with Crippen LogP contribution >= 0.6 is 0 Å². The number of amides is 2. The van der Waals surface area contributed by atoms with Crippen molar-refractivity contribution in [1.82, 2.24) is 9.80 Å². The van der Waals surface area contributed by atoms with E-state index in [1.807, 2.05) is 25.7 Å². The van der Waals surface area contributed by atoms with Gasteiger partial charge in [0.1, 0.15) is 17.5 Å². The third-order valence-corrected chi connectivity index (χ3v) is 5.12. The molecule has 0 bridgehead atoms. The lowest BCUT2D eigenvalue weighted by molar-refractivity contribution is -0.144. The van der Waals surface area contributed by atoms with E-state index in [1.54, 1.807) is 17.0 Å². The zero-order chi connectivity index (χ0) is 20.3. The monoisotopic (exact) mass is 392 g/mol. The van der Waals surface area contributed by atoms with Crippen molar-refractivity contribution in [2.75, 3.05) is 32.8 Å². The molecular formula is C21H29FN2O4. The molecule has 0 N–H and O–H groups in total.